The maximum atomic E-state index is 5.55. The Morgan fingerprint density at radius 2 is 2.39 bits per heavy atom. The van der Waals surface area contributed by atoms with Crippen molar-refractivity contribution in [2.45, 2.75) is 32.7 Å². The molecular weight excluding hydrogens is 290 g/mol. The second-order valence-electron chi connectivity index (χ2n) is 7.30. The average molecular weight is 319 g/mol. The lowest BCUT2D eigenvalue weighted by Gasteiger charge is -2.39. The lowest BCUT2D eigenvalue weighted by molar-refractivity contribution is 0.158. The molecule has 2 fully saturated rings. The van der Waals surface area contributed by atoms with E-state index in [2.05, 4.69) is 44.8 Å². The minimum atomic E-state index is 0.225. The molecule has 0 bridgehead atoms. The van der Waals surface area contributed by atoms with E-state index in [0.717, 1.165) is 45.2 Å². The first-order valence-electron chi connectivity index (χ1n) is 8.62. The summed E-state index contributed by atoms with van der Waals surface area (Å²) < 4.78 is 7.78. The summed E-state index contributed by atoms with van der Waals surface area (Å²) in [4.78, 5) is 11.1. The highest BCUT2D eigenvalue weighted by molar-refractivity contribution is 5.80. The van der Waals surface area contributed by atoms with Crippen molar-refractivity contribution in [1.82, 2.24) is 19.8 Å². The molecule has 128 valence electrons. The van der Waals surface area contributed by atoms with Gasteiger partial charge in [0, 0.05) is 51.1 Å². The summed E-state index contributed by atoms with van der Waals surface area (Å²) in [5.74, 6) is 1.66. The molecular formula is C17H29N5O. The van der Waals surface area contributed by atoms with E-state index in [9.17, 15) is 0 Å². The van der Waals surface area contributed by atoms with Crippen molar-refractivity contribution in [1.29, 1.82) is 0 Å². The average Bonchev–Trinajstić information content (AvgIpc) is 3.21. The van der Waals surface area contributed by atoms with Crippen LogP contribution >= 0.6 is 0 Å². The Morgan fingerprint density at radius 1 is 1.52 bits per heavy atom. The van der Waals surface area contributed by atoms with Gasteiger partial charge in [0.1, 0.15) is 0 Å². The molecule has 3 unspecified atom stereocenters. The molecule has 3 heterocycles. The van der Waals surface area contributed by atoms with E-state index >= 15 is 0 Å². The van der Waals surface area contributed by atoms with Gasteiger partial charge in [-0.1, -0.05) is 13.8 Å². The number of aliphatic imine (C=N–C) groups is 1. The Kier molecular flexibility index (Phi) is 4.90. The number of nitrogens with zero attached hydrogens (tertiary/aromatic N) is 4. The summed E-state index contributed by atoms with van der Waals surface area (Å²) in [6, 6.07) is 0.454. The summed E-state index contributed by atoms with van der Waals surface area (Å²) >= 11 is 0. The first-order chi connectivity index (χ1) is 11.1. The van der Waals surface area contributed by atoms with Crippen molar-refractivity contribution in [2.24, 2.45) is 16.3 Å². The molecule has 2 aliphatic rings. The van der Waals surface area contributed by atoms with Gasteiger partial charge in [0.15, 0.2) is 5.96 Å². The van der Waals surface area contributed by atoms with Crippen LogP contribution in [-0.4, -0.2) is 60.3 Å². The standard InChI is InChI=1S/C17H29N5O/c1-14-4-7-21(10-15(14)22-8-6-19-13-22)16(18-3)20-11-17(2)5-9-23-12-17/h6,8,13-15H,4-5,7,9-12H2,1-3H3,(H,18,20). The molecule has 0 spiro atoms. The quantitative estimate of drug-likeness (QED) is 0.681. The largest absolute Gasteiger partial charge is 0.381 e. The van der Waals surface area contributed by atoms with Crippen LogP contribution in [-0.2, 0) is 4.74 Å². The van der Waals surface area contributed by atoms with Gasteiger partial charge in [-0.25, -0.2) is 4.98 Å². The topological polar surface area (TPSA) is 54.7 Å². The molecule has 1 aromatic rings. The number of hydrogen-bond donors (Lipinski definition) is 1. The summed E-state index contributed by atoms with van der Waals surface area (Å²) in [6.45, 7) is 9.28. The van der Waals surface area contributed by atoms with Crippen LogP contribution in [0.1, 0.15) is 32.7 Å². The SMILES string of the molecule is CN=C(NCC1(C)CCOC1)N1CCC(C)C(n2ccnc2)C1. The summed E-state index contributed by atoms with van der Waals surface area (Å²) in [7, 11) is 1.88. The monoisotopic (exact) mass is 319 g/mol. The van der Waals surface area contributed by atoms with E-state index in [1.54, 1.807) is 0 Å². The van der Waals surface area contributed by atoms with Crippen LogP contribution in [0.15, 0.2) is 23.7 Å². The molecule has 23 heavy (non-hydrogen) atoms. The minimum absolute atomic E-state index is 0.225. The van der Waals surface area contributed by atoms with Crippen LogP contribution in [0.25, 0.3) is 0 Å². The van der Waals surface area contributed by atoms with Crippen molar-refractivity contribution >= 4 is 5.96 Å². The second kappa shape index (κ2) is 6.91. The zero-order valence-electron chi connectivity index (χ0n) is 14.5. The van der Waals surface area contributed by atoms with Crippen LogP contribution < -0.4 is 5.32 Å². The number of rotatable bonds is 3. The van der Waals surface area contributed by atoms with Gasteiger partial charge in [-0.05, 0) is 18.8 Å². The van der Waals surface area contributed by atoms with Crippen LogP contribution in [0.2, 0.25) is 0 Å². The number of imidazole rings is 1. The van der Waals surface area contributed by atoms with Crippen molar-refractivity contribution in [3.8, 4) is 0 Å². The number of nitrogens with one attached hydrogen (secondary N) is 1. The highest BCUT2D eigenvalue weighted by atomic mass is 16.5. The smallest absolute Gasteiger partial charge is 0.193 e. The lowest BCUT2D eigenvalue weighted by Crippen LogP contribution is -2.50. The fourth-order valence-corrected chi connectivity index (χ4v) is 3.57. The maximum Gasteiger partial charge on any atom is 0.193 e. The molecule has 6 nitrogen and oxygen atoms in total. The molecule has 0 aromatic carbocycles. The Labute approximate surface area is 138 Å². The number of hydrogen-bond acceptors (Lipinski definition) is 3. The van der Waals surface area contributed by atoms with Gasteiger partial charge in [0.2, 0.25) is 0 Å². The summed E-state index contributed by atoms with van der Waals surface area (Å²) in [5.41, 5.74) is 0.225. The van der Waals surface area contributed by atoms with E-state index in [4.69, 9.17) is 4.74 Å². The molecule has 0 saturated carbocycles. The van der Waals surface area contributed by atoms with Crippen LogP contribution in [0.4, 0.5) is 0 Å². The molecule has 3 rings (SSSR count). The van der Waals surface area contributed by atoms with Crippen molar-refractivity contribution in [2.75, 3.05) is 39.9 Å². The minimum Gasteiger partial charge on any atom is -0.381 e. The third-order valence-corrected chi connectivity index (χ3v) is 5.31. The highest BCUT2D eigenvalue weighted by Gasteiger charge is 2.32. The Balaban J connectivity index is 1.62. The second-order valence-corrected chi connectivity index (χ2v) is 7.30. The van der Waals surface area contributed by atoms with Gasteiger partial charge in [-0.15, -0.1) is 0 Å². The predicted molar refractivity (Wildman–Crippen MR) is 91.5 cm³/mol. The molecule has 0 amide bonds. The third kappa shape index (κ3) is 3.68. The van der Waals surface area contributed by atoms with E-state index in [0.29, 0.717) is 12.0 Å². The van der Waals surface area contributed by atoms with Crippen molar-refractivity contribution in [3.63, 3.8) is 0 Å². The predicted octanol–water partition coefficient (Wildman–Crippen LogP) is 1.77. The van der Waals surface area contributed by atoms with Gasteiger partial charge < -0.3 is 19.5 Å². The molecule has 2 aliphatic heterocycles. The molecule has 1 aromatic heterocycles. The third-order valence-electron chi connectivity index (χ3n) is 5.31. The Bertz CT molecular complexity index is 521. The van der Waals surface area contributed by atoms with E-state index in [-0.39, 0.29) is 5.41 Å². The van der Waals surface area contributed by atoms with E-state index < -0.39 is 0 Å². The van der Waals surface area contributed by atoms with Gasteiger partial charge >= 0.3 is 0 Å². The van der Waals surface area contributed by atoms with Gasteiger partial charge in [0.05, 0.1) is 19.0 Å². The van der Waals surface area contributed by atoms with Gasteiger partial charge in [0.25, 0.3) is 0 Å². The normalized spacial score (nSPS) is 32.3. The summed E-state index contributed by atoms with van der Waals surface area (Å²) in [6.07, 6.45) is 8.14. The maximum absolute atomic E-state index is 5.55. The highest BCUT2D eigenvalue weighted by Crippen LogP contribution is 2.29. The van der Waals surface area contributed by atoms with Crippen LogP contribution in [0, 0.1) is 11.3 Å². The Morgan fingerprint density at radius 3 is 3.04 bits per heavy atom. The number of likely N-dealkylation sites (tertiary alicyclic amines) is 1. The number of aromatic nitrogens is 2. The molecule has 2 saturated heterocycles. The van der Waals surface area contributed by atoms with Crippen LogP contribution in [0.5, 0.6) is 0 Å². The number of ether oxygens (including phenoxy) is 1. The van der Waals surface area contributed by atoms with Crippen molar-refractivity contribution in [3.05, 3.63) is 18.7 Å². The fraction of sp³-hybridized carbons (Fsp3) is 0.765. The Hall–Kier alpha value is -1.56. The number of guanidine groups is 1. The fourth-order valence-electron chi connectivity index (χ4n) is 3.57. The molecule has 0 radical (unpaired) electrons. The first kappa shape index (κ1) is 16.3. The molecule has 0 aliphatic carbocycles. The van der Waals surface area contributed by atoms with Crippen LogP contribution in [0.3, 0.4) is 0 Å². The number of piperidine rings is 1. The van der Waals surface area contributed by atoms with E-state index in [1.807, 2.05) is 19.6 Å². The molecule has 3 atom stereocenters. The van der Waals surface area contributed by atoms with Gasteiger partial charge in [-0.2, -0.15) is 0 Å². The zero-order valence-corrected chi connectivity index (χ0v) is 14.5. The first-order valence-corrected chi connectivity index (χ1v) is 8.62. The van der Waals surface area contributed by atoms with E-state index in [1.165, 1.54) is 6.42 Å². The van der Waals surface area contributed by atoms with Crippen molar-refractivity contribution < 1.29 is 4.74 Å². The molecule has 6 heteroatoms. The zero-order chi connectivity index (χ0) is 16.3. The molecule has 1 N–H and O–H groups in total. The van der Waals surface area contributed by atoms with Gasteiger partial charge in [-0.3, -0.25) is 4.99 Å². The summed E-state index contributed by atoms with van der Waals surface area (Å²) in [5, 5.41) is 3.57. The lowest BCUT2D eigenvalue weighted by atomic mass is 9.90.